The van der Waals surface area contributed by atoms with Gasteiger partial charge in [-0.15, -0.1) is 0 Å². The quantitative estimate of drug-likeness (QED) is 0.543. The van der Waals surface area contributed by atoms with Crippen molar-refractivity contribution in [2.24, 2.45) is 0 Å². The number of benzene rings is 1. The van der Waals surface area contributed by atoms with Gasteiger partial charge in [-0.05, 0) is 24.6 Å². The number of carbonyl (C=O) groups is 2. The van der Waals surface area contributed by atoms with Crippen molar-refractivity contribution >= 4 is 11.9 Å². The monoisotopic (exact) mass is 402 g/mol. The van der Waals surface area contributed by atoms with E-state index in [1.54, 1.807) is 0 Å². The molecule has 0 fully saturated rings. The molecule has 2 rings (SSSR count). The molecule has 0 saturated carbocycles. The van der Waals surface area contributed by atoms with Crippen LogP contribution in [0.2, 0.25) is 0 Å². The van der Waals surface area contributed by atoms with Crippen LogP contribution in [-0.2, 0) is 11.0 Å². The smallest absolute Gasteiger partial charge is 0.329 e. The molecule has 0 unspecified atom stereocenters. The van der Waals surface area contributed by atoms with Crippen molar-refractivity contribution in [1.82, 2.24) is 21.2 Å². The first-order chi connectivity index (χ1) is 13.0. The highest BCUT2D eigenvalue weighted by atomic mass is 19.4. The Morgan fingerprint density at radius 3 is 2.36 bits per heavy atom. The van der Waals surface area contributed by atoms with Gasteiger partial charge in [0.1, 0.15) is 11.6 Å². The predicted molar refractivity (Wildman–Crippen MR) is 88.5 cm³/mol. The Kier molecular flexibility index (Phi) is 6.16. The molecule has 6 nitrogen and oxygen atoms in total. The van der Waals surface area contributed by atoms with E-state index in [9.17, 15) is 31.5 Å². The molecule has 28 heavy (non-hydrogen) atoms. The second kappa shape index (κ2) is 8.19. The highest BCUT2D eigenvalue weighted by molar-refractivity contribution is 5.79. The molecule has 0 saturated heterocycles. The Hall–Kier alpha value is -3.24. The Morgan fingerprint density at radius 1 is 1.11 bits per heavy atom. The van der Waals surface area contributed by atoms with E-state index in [0.717, 1.165) is 31.3 Å². The fourth-order valence-corrected chi connectivity index (χ4v) is 2.41. The molecule has 0 radical (unpaired) electrons. The predicted octanol–water partition coefficient (Wildman–Crippen LogP) is 3.46. The topological polar surface area (TPSA) is 83.1 Å². The first-order valence-corrected chi connectivity index (χ1v) is 7.85. The van der Waals surface area contributed by atoms with E-state index in [4.69, 9.17) is 0 Å². The van der Waals surface area contributed by atoms with Gasteiger partial charge in [0.05, 0.1) is 17.3 Å². The molecule has 2 aromatic rings. The normalized spacial score (nSPS) is 12.2. The summed E-state index contributed by atoms with van der Waals surface area (Å²) < 4.78 is 67.5. The number of aromatic nitrogens is 1. The van der Waals surface area contributed by atoms with Crippen LogP contribution < -0.4 is 16.2 Å². The molecule has 150 valence electrons. The number of amides is 3. The van der Waals surface area contributed by atoms with E-state index in [0.29, 0.717) is 6.07 Å². The van der Waals surface area contributed by atoms with Crippen molar-refractivity contribution < 1.29 is 31.5 Å². The van der Waals surface area contributed by atoms with Crippen molar-refractivity contribution in [2.45, 2.75) is 26.1 Å². The van der Waals surface area contributed by atoms with Crippen LogP contribution in [0.15, 0.2) is 30.5 Å². The van der Waals surface area contributed by atoms with Crippen LogP contribution in [0.1, 0.15) is 31.1 Å². The molecular weight excluding hydrogens is 387 g/mol. The lowest BCUT2D eigenvalue weighted by Gasteiger charge is -2.17. The SMILES string of the molecule is CC(=O)NNC(=O)N[C@H](C)c1ncc(-c2cccc(F)c2C(F)(F)F)cc1F. The number of alkyl halides is 3. The maximum Gasteiger partial charge on any atom is 0.419 e. The number of carbonyl (C=O) groups excluding carboxylic acids is 2. The number of rotatable bonds is 3. The van der Waals surface area contributed by atoms with Crippen molar-refractivity contribution in [3.05, 3.63) is 53.4 Å². The van der Waals surface area contributed by atoms with Crippen molar-refractivity contribution in [3.63, 3.8) is 0 Å². The average molecular weight is 402 g/mol. The molecule has 1 atom stereocenters. The molecule has 1 aromatic carbocycles. The summed E-state index contributed by atoms with van der Waals surface area (Å²) in [6.45, 7) is 2.53. The molecule has 0 spiro atoms. The molecule has 1 heterocycles. The van der Waals surface area contributed by atoms with Gasteiger partial charge in [0.15, 0.2) is 0 Å². The Labute approximate surface area is 156 Å². The van der Waals surface area contributed by atoms with Crippen molar-refractivity contribution in [2.75, 3.05) is 0 Å². The molecular formula is C17H15F5N4O2. The van der Waals surface area contributed by atoms with Gasteiger partial charge in [-0.3, -0.25) is 15.2 Å². The minimum absolute atomic E-state index is 0.258. The summed E-state index contributed by atoms with van der Waals surface area (Å²) in [5.74, 6) is -3.02. The minimum Gasteiger partial charge on any atom is -0.329 e. The zero-order chi connectivity index (χ0) is 21.1. The van der Waals surface area contributed by atoms with E-state index in [1.165, 1.54) is 6.92 Å². The number of nitrogens with zero attached hydrogens (tertiary/aromatic N) is 1. The van der Waals surface area contributed by atoms with Gasteiger partial charge in [-0.2, -0.15) is 13.2 Å². The lowest BCUT2D eigenvalue weighted by atomic mass is 9.99. The third-order valence-electron chi connectivity index (χ3n) is 3.59. The van der Waals surface area contributed by atoms with Crippen LogP contribution in [0.5, 0.6) is 0 Å². The van der Waals surface area contributed by atoms with Crippen molar-refractivity contribution in [1.29, 1.82) is 0 Å². The van der Waals surface area contributed by atoms with Crippen LogP contribution in [0, 0.1) is 11.6 Å². The lowest BCUT2D eigenvalue weighted by Crippen LogP contribution is -2.46. The van der Waals surface area contributed by atoms with E-state index in [2.05, 4.69) is 10.3 Å². The summed E-state index contributed by atoms with van der Waals surface area (Å²) in [4.78, 5) is 26.1. The first kappa shape index (κ1) is 21.1. The van der Waals surface area contributed by atoms with Gasteiger partial charge in [-0.25, -0.2) is 19.0 Å². The van der Waals surface area contributed by atoms with Crippen LogP contribution in [0.3, 0.4) is 0 Å². The summed E-state index contributed by atoms with van der Waals surface area (Å²) in [7, 11) is 0. The third-order valence-corrected chi connectivity index (χ3v) is 3.59. The zero-order valence-electron chi connectivity index (χ0n) is 14.6. The zero-order valence-corrected chi connectivity index (χ0v) is 14.6. The highest BCUT2D eigenvalue weighted by Crippen LogP contribution is 2.39. The molecule has 0 aliphatic heterocycles. The summed E-state index contributed by atoms with van der Waals surface area (Å²) in [5.41, 5.74) is 1.40. The average Bonchev–Trinajstić information content (AvgIpc) is 2.58. The number of hydrogen-bond donors (Lipinski definition) is 3. The van der Waals surface area contributed by atoms with Crippen LogP contribution >= 0.6 is 0 Å². The van der Waals surface area contributed by atoms with Gasteiger partial charge in [0.25, 0.3) is 0 Å². The summed E-state index contributed by atoms with van der Waals surface area (Å²) >= 11 is 0. The Morgan fingerprint density at radius 2 is 1.79 bits per heavy atom. The minimum atomic E-state index is -4.98. The fourth-order valence-electron chi connectivity index (χ4n) is 2.41. The number of urea groups is 1. The molecule has 0 aliphatic carbocycles. The fraction of sp³-hybridized carbons (Fsp3) is 0.235. The van der Waals surface area contributed by atoms with Crippen LogP contribution in [-0.4, -0.2) is 16.9 Å². The van der Waals surface area contributed by atoms with Gasteiger partial charge < -0.3 is 5.32 Å². The number of hydrogen-bond acceptors (Lipinski definition) is 3. The Bertz CT molecular complexity index is 902. The van der Waals surface area contributed by atoms with Crippen LogP contribution in [0.25, 0.3) is 11.1 Å². The van der Waals surface area contributed by atoms with E-state index >= 15 is 0 Å². The summed E-state index contributed by atoms with van der Waals surface area (Å²) in [6, 6.07) is 1.68. The highest BCUT2D eigenvalue weighted by Gasteiger charge is 2.37. The van der Waals surface area contributed by atoms with E-state index < -0.39 is 46.9 Å². The maximum absolute atomic E-state index is 14.4. The van der Waals surface area contributed by atoms with E-state index in [1.807, 2.05) is 10.9 Å². The first-order valence-electron chi connectivity index (χ1n) is 7.85. The van der Waals surface area contributed by atoms with Crippen molar-refractivity contribution in [3.8, 4) is 11.1 Å². The Balaban J connectivity index is 2.30. The molecule has 0 bridgehead atoms. The second-order valence-corrected chi connectivity index (χ2v) is 5.75. The van der Waals surface area contributed by atoms with Gasteiger partial charge in [0.2, 0.25) is 5.91 Å². The third kappa shape index (κ3) is 4.93. The summed E-state index contributed by atoms with van der Waals surface area (Å²) in [6.07, 6.45) is -4.03. The van der Waals surface area contributed by atoms with Crippen LogP contribution in [0.4, 0.5) is 26.7 Å². The van der Waals surface area contributed by atoms with E-state index in [-0.39, 0.29) is 11.3 Å². The number of pyridine rings is 1. The van der Waals surface area contributed by atoms with Gasteiger partial charge in [0, 0.05) is 18.7 Å². The largest absolute Gasteiger partial charge is 0.419 e. The van der Waals surface area contributed by atoms with Gasteiger partial charge in [-0.1, -0.05) is 12.1 Å². The molecule has 0 aliphatic rings. The maximum atomic E-state index is 14.4. The molecule has 11 heteroatoms. The standard InChI is InChI=1S/C17H15F5N4O2/c1-8(24-16(28)26-25-9(2)27)15-13(19)6-10(7-23-15)11-4-3-5-12(18)14(11)17(20,21)22/h3-8H,1-2H3,(H,25,27)(H2,24,26,28)/t8-/m1/s1. The lowest BCUT2D eigenvalue weighted by molar-refractivity contribution is -0.139. The molecule has 3 amide bonds. The number of nitrogens with one attached hydrogen (secondary N) is 3. The number of hydrazine groups is 1. The molecule has 1 aromatic heterocycles. The van der Waals surface area contributed by atoms with Gasteiger partial charge >= 0.3 is 12.2 Å². The summed E-state index contributed by atoms with van der Waals surface area (Å²) in [5, 5.41) is 2.29. The second-order valence-electron chi connectivity index (χ2n) is 5.75. The molecule has 3 N–H and O–H groups in total. The number of halogens is 5.